The third-order valence-electron chi connectivity index (χ3n) is 6.48. The molecule has 0 bridgehead atoms. The van der Waals surface area contributed by atoms with Gasteiger partial charge in [-0.05, 0) is 67.2 Å². The summed E-state index contributed by atoms with van der Waals surface area (Å²) in [7, 11) is 0. The van der Waals surface area contributed by atoms with Crippen molar-refractivity contribution in [3.8, 4) is 0 Å². The van der Waals surface area contributed by atoms with Crippen molar-refractivity contribution >= 4 is 0 Å². The zero-order valence-corrected chi connectivity index (χ0v) is 22.1. The Balaban J connectivity index is 1.74. The summed E-state index contributed by atoms with van der Waals surface area (Å²) in [6, 6.07) is 0. The van der Waals surface area contributed by atoms with Crippen molar-refractivity contribution < 1.29 is 23.7 Å². The van der Waals surface area contributed by atoms with Crippen LogP contribution < -0.4 is 11.2 Å². The third-order valence-corrected chi connectivity index (χ3v) is 6.48. The van der Waals surface area contributed by atoms with Crippen LogP contribution in [0.4, 0.5) is 4.39 Å². The van der Waals surface area contributed by atoms with Crippen LogP contribution in [-0.4, -0.2) is 44.9 Å². The van der Waals surface area contributed by atoms with Gasteiger partial charge in [-0.25, -0.2) is 4.79 Å². The van der Waals surface area contributed by atoms with Crippen LogP contribution in [0.3, 0.4) is 0 Å². The molecule has 2 aliphatic rings. The highest BCUT2D eigenvalue weighted by molar-refractivity contribution is 5.06. The van der Waals surface area contributed by atoms with Gasteiger partial charge >= 0.3 is 5.69 Å². The van der Waals surface area contributed by atoms with E-state index in [1.807, 2.05) is 6.92 Å². The summed E-state index contributed by atoms with van der Waals surface area (Å²) in [5.74, 6) is -2.01. The molecule has 36 heavy (non-hydrogen) atoms. The molecule has 1 aromatic rings. The quantitative estimate of drug-likeness (QED) is 0.483. The number of halogens is 1. The predicted octanol–water partition coefficient (Wildman–Crippen LogP) is 3.98. The van der Waals surface area contributed by atoms with Gasteiger partial charge in [0.1, 0.15) is 18.3 Å². The van der Waals surface area contributed by atoms with E-state index in [9.17, 15) is 19.1 Å². The van der Waals surface area contributed by atoms with E-state index in [2.05, 4.69) is 32.9 Å². The van der Waals surface area contributed by atoms with Gasteiger partial charge in [0.05, 0.1) is 12.8 Å². The van der Waals surface area contributed by atoms with Gasteiger partial charge in [-0.2, -0.15) is 4.39 Å². The standard InChI is InChI=1S/C27H39FN2O6/c1-17(2)9-7-10-18(3)11-8-12-19(4)13-14-29-24(32)20(28)15-30(26(29)33)25-23-22(21(16-31)34-25)35-27(5,6)36-23/h9,11,13,15,21-23,25,31H,7-8,10,12,14,16H2,1-6H3/t21-,22+,23?,25-/m1/s1. The van der Waals surface area contributed by atoms with Crippen molar-refractivity contribution in [1.82, 2.24) is 9.13 Å². The first-order valence-corrected chi connectivity index (χ1v) is 12.5. The number of hydrogen-bond acceptors (Lipinski definition) is 6. The average molecular weight is 507 g/mol. The Kier molecular flexibility index (Phi) is 9.27. The first kappa shape index (κ1) is 28.2. The number of allylic oxidation sites excluding steroid dienone is 6. The Hall–Kier alpha value is -2.33. The van der Waals surface area contributed by atoms with Crippen molar-refractivity contribution in [3.63, 3.8) is 0 Å². The molecule has 0 saturated carbocycles. The van der Waals surface area contributed by atoms with Crippen molar-refractivity contribution in [2.24, 2.45) is 0 Å². The molecule has 3 heterocycles. The maximum atomic E-state index is 14.6. The average Bonchev–Trinajstić information content (AvgIpc) is 3.28. The van der Waals surface area contributed by atoms with E-state index < -0.39 is 47.4 Å². The molecule has 8 nitrogen and oxygen atoms in total. The van der Waals surface area contributed by atoms with Gasteiger partial charge in [0.15, 0.2) is 12.0 Å². The Labute approximate surface area is 211 Å². The summed E-state index contributed by atoms with van der Waals surface area (Å²) < 4.78 is 34.0. The van der Waals surface area contributed by atoms with Crippen LogP contribution in [0.5, 0.6) is 0 Å². The SMILES string of the molecule is CC(C)=CCCC(C)=CCCC(C)=CCn1c(=O)c(F)cn([C@@H]2O[C@H](CO)[C@@H]3OC(C)(C)OC32)c1=O. The normalized spacial score (nSPS) is 25.8. The van der Waals surface area contributed by atoms with E-state index in [0.29, 0.717) is 0 Å². The number of rotatable bonds is 10. The maximum absolute atomic E-state index is 14.6. The summed E-state index contributed by atoms with van der Waals surface area (Å²) in [6.45, 7) is 11.3. The molecule has 200 valence electrons. The number of aliphatic hydroxyl groups excluding tert-OH is 1. The number of fused-ring (bicyclic) bond motifs is 1. The van der Waals surface area contributed by atoms with Crippen molar-refractivity contribution in [3.05, 3.63) is 67.8 Å². The highest BCUT2D eigenvalue weighted by Crippen LogP contribution is 2.42. The number of hydrogen-bond donors (Lipinski definition) is 1. The van der Waals surface area contributed by atoms with E-state index in [1.165, 1.54) is 11.1 Å². The van der Waals surface area contributed by atoms with Crippen LogP contribution in [0.25, 0.3) is 0 Å². The molecule has 1 N–H and O–H groups in total. The van der Waals surface area contributed by atoms with Crippen molar-refractivity contribution in [2.75, 3.05) is 6.61 Å². The minimum absolute atomic E-state index is 0.0579. The third kappa shape index (κ3) is 6.70. The van der Waals surface area contributed by atoms with Crippen LogP contribution in [0, 0.1) is 5.82 Å². The molecule has 0 amide bonds. The van der Waals surface area contributed by atoms with Gasteiger partial charge in [-0.15, -0.1) is 0 Å². The molecule has 0 aromatic carbocycles. The molecule has 1 aromatic heterocycles. The molecule has 0 radical (unpaired) electrons. The summed E-state index contributed by atoms with van der Waals surface area (Å²) in [4.78, 5) is 25.7. The highest BCUT2D eigenvalue weighted by atomic mass is 19.1. The zero-order chi connectivity index (χ0) is 26.6. The Morgan fingerprint density at radius 3 is 2.28 bits per heavy atom. The van der Waals surface area contributed by atoms with Crippen molar-refractivity contribution in [1.29, 1.82) is 0 Å². The molecule has 0 spiro atoms. The second-order valence-corrected chi connectivity index (χ2v) is 10.4. The fourth-order valence-electron chi connectivity index (χ4n) is 4.55. The molecular weight excluding hydrogens is 467 g/mol. The smallest absolute Gasteiger partial charge is 0.333 e. The minimum atomic E-state index is -1.07. The van der Waals surface area contributed by atoms with E-state index in [0.717, 1.165) is 46.6 Å². The second-order valence-electron chi connectivity index (χ2n) is 10.4. The van der Waals surface area contributed by atoms with Gasteiger partial charge in [0.2, 0.25) is 5.82 Å². The van der Waals surface area contributed by atoms with Crippen LogP contribution >= 0.6 is 0 Å². The molecule has 2 saturated heterocycles. The van der Waals surface area contributed by atoms with Gasteiger partial charge < -0.3 is 19.3 Å². The highest BCUT2D eigenvalue weighted by Gasteiger charge is 2.56. The Bertz CT molecular complexity index is 1140. The number of ether oxygens (including phenoxy) is 3. The van der Waals surface area contributed by atoms with E-state index in [-0.39, 0.29) is 13.2 Å². The molecular formula is C27H39FN2O6. The van der Waals surface area contributed by atoms with E-state index in [4.69, 9.17) is 14.2 Å². The molecule has 9 heteroatoms. The fourth-order valence-corrected chi connectivity index (χ4v) is 4.55. The second kappa shape index (κ2) is 11.8. The number of nitrogens with zero attached hydrogens (tertiary/aromatic N) is 2. The monoisotopic (exact) mass is 506 g/mol. The lowest BCUT2D eigenvalue weighted by molar-refractivity contribution is -0.200. The van der Waals surface area contributed by atoms with Crippen LogP contribution in [0.15, 0.2) is 50.7 Å². The lowest BCUT2D eigenvalue weighted by Gasteiger charge is -2.24. The summed E-state index contributed by atoms with van der Waals surface area (Å²) in [6.07, 6.45) is 7.57. The van der Waals surface area contributed by atoms with Crippen LogP contribution in [0.2, 0.25) is 0 Å². The maximum Gasteiger partial charge on any atom is 0.333 e. The number of aromatic nitrogens is 2. The molecule has 3 rings (SSSR count). The Morgan fingerprint density at radius 1 is 1.03 bits per heavy atom. The molecule has 2 fully saturated rings. The lowest BCUT2D eigenvalue weighted by Crippen LogP contribution is -2.44. The van der Waals surface area contributed by atoms with Gasteiger partial charge in [-0.3, -0.25) is 13.9 Å². The predicted molar refractivity (Wildman–Crippen MR) is 135 cm³/mol. The first-order valence-electron chi connectivity index (χ1n) is 12.5. The summed E-state index contributed by atoms with van der Waals surface area (Å²) >= 11 is 0. The van der Waals surface area contributed by atoms with Crippen LogP contribution in [0.1, 0.15) is 73.5 Å². The minimum Gasteiger partial charge on any atom is -0.394 e. The Morgan fingerprint density at radius 2 is 1.64 bits per heavy atom. The van der Waals surface area contributed by atoms with E-state index in [1.54, 1.807) is 19.9 Å². The fraction of sp³-hybridized carbons (Fsp3) is 0.630. The lowest BCUT2D eigenvalue weighted by atomic mass is 10.1. The zero-order valence-electron chi connectivity index (χ0n) is 22.1. The molecule has 0 aliphatic carbocycles. The summed E-state index contributed by atoms with van der Waals surface area (Å²) in [5, 5.41) is 9.69. The van der Waals surface area contributed by atoms with Crippen molar-refractivity contribution in [2.45, 2.75) is 104 Å². The van der Waals surface area contributed by atoms with E-state index >= 15 is 0 Å². The van der Waals surface area contributed by atoms with Gasteiger partial charge in [0.25, 0.3) is 5.56 Å². The first-order chi connectivity index (χ1) is 16.9. The van der Waals surface area contributed by atoms with Gasteiger partial charge in [0, 0.05) is 6.54 Å². The molecule has 2 aliphatic heterocycles. The summed E-state index contributed by atoms with van der Waals surface area (Å²) in [5.41, 5.74) is 1.93. The molecule has 1 unspecified atom stereocenters. The topological polar surface area (TPSA) is 91.9 Å². The largest absolute Gasteiger partial charge is 0.394 e. The van der Waals surface area contributed by atoms with Gasteiger partial charge in [-0.1, -0.05) is 34.9 Å². The van der Waals surface area contributed by atoms with Crippen LogP contribution in [-0.2, 0) is 20.8 Å². The molecule has 4 atom stereocenters. The number of aliphatic hydroxyl groups is 1.